The van der Waals surface area contributed by atoms with Gasteiger partial charge in [-0.25, -0.2) is 0 Å². The summed E-state index contributed by atoms with van der Waals surface area (Å²) in [4.78, 5) is 2.52. The Morgan fingerprint density at radius 2 is 2.19 bits per heavy atom. The Morgan fingerprint density at radius 1 is 1.33 bits per heavy atom. The number of nitrogens with zero attached hydrogens (tertiary/aromatic N) is 3. The van der Waals surface area contributed by atoms with Gasteiger partial charge in [-0.05, 0) is 50.4 Å². The monoisotopic (exact) mass is 389 g/mol. The van der Waals surface area contributed by atoms with Gasteiger partial charge in [0.05, 0.1) is 12.3 Å². The van der Waals surface area contributed by atoms with Crippen LogP contribution in [0.25, 0.3) is 0 Å². The number of halogens is 1. The Labute approximate surface area is 165 Å². The van der Waals surface area contributed by atoms with E-state index in [1.807, 2.05) is 23.9 Å². The Kier molecular flexibility index (Phi) is 5.44. The van der Waals surface area contributed by atoms with E-state index in [0.717, 1.165) is 56.8 Å². The van der Waals surface area contributed by atoms with Gasteiger partial charge in [-0.1, -0.05) is 17.7 Å². The fourth-order valence-electron chi connectivity index (χ4n) is 4.49. The third kappa shape index (κ3) is 3.86. The minimum Gasteiger partial charge on any atom is -0.508 e. The first-order chi connectivity index (χ1) is 13.0. The molecule has 1 unspecified atom stereocenters. The summed E-state index contributed by atoms with van der Waals surface area (Å²) in [5.41, 5.74) is 3.25. The van der Waals surface area contributed by atoms with Crippen LogP contribution in [-0.2, 0) is 11.3 Å². The van der Waals surface area contributed by atoms with Crippen molar-refractivity contribution < 1.29 is 9.84 Å². The molecule has 27 heavy (non-hydrogen) atoms. The average Bonchev–Trinajstić information content (AvgIpc) is 3.38. The summed E-state index contributed by atoms with van der Waals surface area (Å²) in [5.74, 6) is 1.19. The molecule has 1 N–H and O–H groups in total. The largest absolute Gasteiger partial charge is 0.508 e. The predicted molar refractivity (Wildman–Crippen MR) is 106 cm³/mol. The fraction of sp³-hybridized carbons (Fsp3) is 0.571. The molecule has 2 aromatic rings. The molecule has 2 saturated heterocycles. The summed E-state index contributed by atoms with van der Waals surface area (Å²) in [6, 6.07) is 3.73. The molecule has 146 valence electrons. The van der Waals surface area contributed by atoms with Gasteiger partial charge in [0.25, 0.3) is 0 Å². The number of phenols is 1. The first-order valence-electron chi connectivity index (χ1n) is 9.90. The second kappa shape index (κ2) is 7.82. The summed E-state index contributed by atoms with van der Waals surface area (Å²) in [7, 11) is 0. The van der Waals surface area contributed by atoms with Crippen LogP contribution in [0.4, 0.5) is 0 Å². The van der Waals surface area contributed by atoms with E-state index in [-0.39, 0.29) is 6.10 Å². The molecular formula is C21H28ClN3O2. The van der Waals surface area contributed by atoms with Gasteiger partial charge in [0.15, 0.2) is 0 Å². The topological polar surface area (TPSA) is 50.5 Å². The number of hydrogen-bond acceptors (Lipinski definition) is 4. The van der Waals surface area contributed by atoms with Gasteiger partial charge in [0, 0.05) is 54.9 Å². The van der Waals surface area contributed by atoms with Crippen LogP contribution in [0.15, 0.2) is 24.5 Å². The maximum Gasteiger partial charge on any atom is 0.120 e. The summed E-state index contributed by atoms with van der Waals surface area (Å²) in [6.45, 7) is 8.87. The molecule has 3 heterocycles. The first kappa shape index (κ1) is 18.8. The highest BCUT2D eigenvalue weighted by Crippen LogP contribution is 2.39. The molecule has 6 heteroatoms. The molecule has 0 aliphatic carbocycles. The molecule has 3 atom stereocenters. The molecular weight excluding hydrogens is 362 g/mol. The van der Waals surface area contributed by atoms with Crippen molar-refractivity contribution in [2.75, 3.05) is 26.2 Å². The number of ether oxygens (including phenoxy) is 1. The molecule has 2 aliphatic heterocycles. The molecule has 0 saturated carbocycles. The lowest BCUT2D eigenvalue weighted by atomic mass is 9.95. The summed E-state index contributed by atoms with van der Waals surface area (Å²) in [6.07, 6.45) is 6.38. The smallest absolute Gasteiger partial charge is 0.120 e. The maximum atomic E-state index is 10.3. The van der Waals surface area contributed by atoms with Gasteiger partial charge >= 0.3 is 0 Å². The average molecular weight is 390 g/mol. The number of benzene rings is 1. The maximum absolute atomic E-state index is 10.3. The van der Waals surface area contributed by atoms with Crippen LogP contribution in [0.2, 0.25) is 5.02 Å². The van der Waals surface area contributed by atoms with E-state index in [4.69, 9.17) is 16.3 Å². The highest BCUT2D eigenvalue weighted by molar-refractivity contribution is 6.31. The minimum atomic E-state index is 0.149. The number of aromatic nitrogens is 2. The number of rotatable bonds is 5. The Hall–Kier alpha value is -1.56. The van der Waals surface area contributed by atoms with E-state index in [0.29, 0.717) is 22.6 Å². The lowest BCUT2D eigenvalue weighted by Gasteiger charge is -2.24. The number of aryl methyl sites for hydroxylation is 2. The van der Waals surface area contributed by atoms with Crippen LogP contribution >= 0.6 is 11.6 Å². The van der Waals surface area contributed by atoms with E-state index < -0.39 is 0 Å². The van der Waals surface area contributed by atoms with Crippen LogP contribution < -0.4 is 0 Å². The zero-order chi connectivity index (χ0) is 19.0. The van der Waals surface area contributed by atoms with Crippen LogP contribution in [0, 0.1) is 12.8 Å². The quantitative estimate of drug-likeness (QED) is 0.835. The molecule has 5 nitrogen and oxygen atoms in total. The van der Waals surface area contributed by atoms with Crippen molar-refractivity contribution in [3.8, 4) is 5.75 Å². The molecule has 0 radical (unpaired) electrons. The number of aromatic hydroxyl groups is 1. The van der Waals surface area contributed by atoms with Gasteiger partial charge in [0.2, 0.25) is 0 Å². The highest BCUT2D eigenvalue weighted by atomic mass is 35.5. The highest BCUT2D eigenvalue weighted by Gasteiger charge is 2.34. The van der Waals surface area contributed by atoms with Crippen molar-refractivity contribution >= 4 is 11.6 Å². The van der Waals surface area contributed by atoms with Crippen LogP contribution in [-0.4, -0.2) is 46.0 Å². The van der Waals surface area contributed by atoms with Crippen LogP contribution in [0.3, 0.4) is 0 Å². The zero-order valence-electron chi connectivity index (χ0n) is 16.1. The van der Waals surface area contributed by atoms with Gasteiger partial charge in [-0.15, -0.1) is 0 Å². The third-order valence-electron chi connectivity index (χ3n) is 6.03. The molecule has 1 aromatic carbocycles. The molecule has 1 aromatic heterocycles. The van der Waals surface area contributed by atoms with Crippen molar-refractivity contribution in [1.29, 1.82) is 0 Å². The van der Waals surface area contributed by atoms with Crippen molar-refractivity contribution in [1.82, 2.24) is 14.7 Å². The van der Waals surface area contributed by atoms with Crippen molar-refractivity contribution in [2.24, 2.45) is 5.92 Å². The van der Waals surface area contributed by atoms with Gasteiger partial charge in [-0.3, -0.25) is 4.68 Å². The molecule has 0 bridgehead atoms. The normalized spacial score (nSPS) is 26.1. The Bertz CT molecular complexity index is 807. The van der Waals surface area contributed by atoms with Crippen molar-refractivity contribution in [3.05, 3.63) is 46.2 Å². The molecule has 0 amide bonds. The van der Waals surface area contributed by atoms with E-state index in [2.05, 4.69) is 23.1 Å². The molecule has 2 aliphatic rings. The standard InChI is InChI=1S/C21H28ClN3O2/c1-3-25-13-17(10-23-25)21-16(5-7-27-21)12-24-6-4-15(11-24)18-8-14(2)19(22)9-20(18)26/h8-10,13,15-16,21,26H,3-7,11-12H2,1-2H3/t15?,16-,21+/m0/s1. The second-order valence-corrected chi connectivity index (χ2v) is 8.28. The molecule has 4 rings (SSSR count). The van der Waals surface area contributed by atoms with E-state index in [1.165, 1.54) is 5.56 Å². The number of hydrogen-bond donors (Lipinski definition) is 1. The van der Waals surface area contributed by atoms with Crippen LogP contribution in [0.1, 0.15) is 48.5 Å². The Balaban J connectivity index is 1.41. The summed E-state index contributed by atoms with van der Waals surface area (Å²) < 4.78 is 8.01. The van der Waals surface area contributed by atoms with Crippen LogP contribution in [0.5, 0.6) is 5.75 Å². The lowest BCUT2D eigenvalue weighted by Crippen LogP contribution is -2.28. The second-order valence-electron chi connectivity index (χ2n) is 7.87. The van der Waals surface area contributed by atoms with Gasteiger partial charge < -0.3 is 14.7 Å². The first-order valence-corrected chi connectivity index (χ1v) is 10.3. The predicted octanol–water partition coefficient (Wildman–Crippen LogP) is 4.14. The summed E-state index contributed by atoms with van der Waals surface area (Å²) in [5, 5.41) is 15.4. The van der Waals surface area contributed by atoms with Crippen molar-refractivity contribution in [3.63, 3.8) is 0 Å². The van der Waals surface area contributed by atoms with E-state index in [9.17, 15) is 5.11 Å². The third-order valence-corrected chi connectivity index (χ3v) is 6.44. The molecule has 0 spiro atoms. The van der Waals surface area contributed by atoms with Crippen molar-refractivity contribution in [2.45, 2.75) is 45.3 Å². The minimum absolute atomic E-state index is 0.149. The van der Waals surface area contributed by atoms with Gasteiger partial charge in [-0.2, -0.15) is 5.10 Å². The fourth-order valence-corrected chi connectivity index (χ4v) is 4.65. The lowest BCUT2D eigenvalue weighted by molar-refractivity contribution is 0.0809. The zero-order valence-corrected chi connectivity index (χ0v) is 16.8. The Morgan fingerprint density at radius 3 is 2.96 bits per heavy atom. The number of phenolic OH excluding ortho intramolecular Hbond substituents is 1. The SMILES string of the molecule is CCn1cc([C@@H]2OCC[C@H]2CN2CCC(c3cc(C)c(Cl)cc3O)C2)cn1. The van der Waals surface area contributed by atoms with E-state index in [1.54, 1.807) is 6.07 Å². The van der Waals surface area contributed by atoms with E-state index >= 15 is 0 Å². The van der Waals surface area contributed by atoms with Gasteiger partial charge in [0.1, 0.15) is 5.75 Å². The number of likely N-dealkylation sites (tertiary alicyclic amines) is 1. The summed E-state index contributed by atoms with van der Waals surface area (Å²) >= 11 is 6.13. The molecule has 2 fully saturated rings.